The first-order valence-corrected chi connectivity index (χ1v) is 8.14. The maximum atomic E-state index is 12.5. The number of carbonyl (C=O) groups excluding carboxylic acids is 1. The van der Waals surface area contributed by atoms with Gasteiger partial charge in [-0.2, -0.15) is 8.42 Å². The summed E-state index contributed by atoms with van der Waals surface area (Å²) in [5.41, 5.74) is 0. The Kier molecular flexibility index (Phi) is 4.01. The predicted octanol–water partition coefficient (Wildman–Crippen LogP) is 1.95. The third-order valence-electron chi connectivity index (χ3n) is 3.06. The van der Waals surface area contributed by atoms with Gasteiger partial charge in [0.25, 0.3) is 5.91 Å². The highest BCUT2D eigenvalue weighted by Gasteiger charge is 2.29. The van der Waals surface area contributed by atoms with E-state index in [1.165, 1.54) is 11.3 Å². The van der Waals surface area contributed by atoms with E-state index in [0.29, 0.717) is 24.1 Å². The monoisotopic (exact) mass is 291 g/mol. The van der Waals surface area contributed by atoms with E-state index in [1.807, 2.05) is 5.38 Å². The fraction of sp³-hybridized carbons (Fsp3) is 0.545. The van der Waals surface area contributed by atoms with E-state index in [-0.39, 0.29) is 17.9 Å². The molecule has 1 saturated carbocycles. The Morgan fingerprint density at radius 2 is 2.28 bits per heavy atom. The third kappa shape index (κ3) is 3.78. The average Bonchev–Trinajstić information content (AvgIpc) is 2.86. The minimum absolute atomic E-state index is 0.0497. The second kappa shape index (κ2) is 5.36. The fourth-order valence-electron chi connectivity index (χ4n) is 2.30. The minimum atomic E-state index is -4.41. The molecule has 1 aliphatic rings. The molecule has 0 unspecified atom stereocenters. The third-order valence-corrected chi connectivity index (χ3v) is 4.79. The molecule has 0 saturated heterocycles. The minimum Gasteiger partial charge on any atom is -0.349 e. The summed E-state index contributed by atoms with van der Waals surface area (Å²) in [6, 6.07) is 3.48. The van der Waals surface area contributed by atoms with Crippen molar-refractivity contribution in [2.75, 3.05) is 5.75 Å². The van der Waals surface area contributed by atoms with Crippen LogP contribution in [0, 0.1) is 5.92 Å². The molecular weight excluding hydrogens is 277 g/mol. The summed E-state index contributed by atoms with van der Waals surface area (Å²) in [6.45, 7) is 0. The zero-order chi connectivity index (χ0) is 13.2. The van der Waals surface area contributed by atoms with E-state index in [2.05, 4.69) is 5.32 Å². The summed E-state index contributed by atoms with van der Waals surface area (Å²) in [6.07, 6.45) is 1.87. The molecule has 4 nitrogen and oxygen atoms in total. The average molecular weight is 291 g/mol. The highest BCUT2D eigenvalue weighted by molar-refractivity contribution is 7.86. The number of hydrogen-bond donors (Lipinski definition) is 1. The van der Waals surface area contributed by atoms with Crippen LogP contribution in [0.4, 0.5) is 3.89 Å². The van der Waals surface area contributed by atoms with Gasteiger partial charge < -0.3 is 5.32 Å². The van der Waals surface area contributed by atoms with Gasteiger partial charge in [0.2, 0.25) is 0 Å². The van der Waals surface area contributed by atoms with Crippen LogP contribution in [0.3, 0.4) is 0 Å². The summed E-state index contributed by atoms with van der Waals surface area (Å²) in [5.74, 6) is -0.759. The number of halogens is 1. The van der Waals surface area contributed by atoms with E-state index < -0.39 is 16.0 Å². The van der Waals surface area contributed by atoms with E-state index in [4.69, 9.17) is 0 Å². The normalized spacial score (nSPS) is 24.1. The lowest BCUT2D eigenvalue weighted by atomic mass is 10.1. The first-order chi connectivity index (χ1) is 8.44. The maximum Gasteiger partial charge on any atom is 0.302 e. The Hall–Kier alpha value is -0.950. The van der Waals surface area contributed by atoms with Crippen molar-refractivity contribution in [3.8, 4) is 0 Å². The highest BCUT2D eigenvalue weighted by atomic mass is 32.3. The van der Waals surface area contributed by atoms with Crippen LogP contribution in [0.2, 0.25) is 0 Å². The number of nitrogens with one attached hydrogen (secondary N) is 1. The molecule has 0 spiro atoms. The number of thiophene rings is 1. The van der Waals surface area contributed by atoms with Crippen molar-refractivity contribution < 1.29 is 17.1 Å². The quantitative estimate of drug-likeness (QED) is 0.862. The van der Waals surface area contributed by atoms with Gasteiger partial charge in [-0.05, 0) is 36.6 Å². The van der Waals surface area contributed by atoms with Crippen molar-refractivity contribution in [2.24, 2.45) is 5.92 Å². The van der Waals surface area contributed by atoms with Crippen LogP contribution in [-0.2, 0) is 10.2 Å². The van der Waals surface area contributed by atoms with Crippen LogP contribution in [-0.4, -0.2) is 26.1 Å². The lowest BCUT2D eigenvalue weighted by molar-refractivity contribution is 0.0941. The second-order valence-corrected chi connectivity index (χ2v) is 6.89. The van der Waals surface area contributed by atoms with E-state index >= 15 is 0 Å². The van der Waals surface area contributed by atoms with Crippen LogP contribution in [0.25, 0.3) is 0 Å². The smallest absolute Gasteiger partial charge is 0.302 e. The molecule has 2 atom stereocenters. The van der Waals surface area contributed by atoms with Crippen LogP contribution in [0.5, 0.6) is 0 Å². The molecule has 1 N–H and O–H groups in total. The molecule has 18 heavy (non-hydrogen) atoms. The Morgan fingerprint density at radius 3 is 2.89 bits per heavy atom. The van der Waals surface area contributed by atoms with Crippen molar-refractivity contribution in [3.63, 3.8) is 0 Å². The van der Waals surface area contributed by atoms with Crippen LogP contribution >= 0.6 is 11.3 Å². The molecule has 1 aromatic heterocycles. The van der Waals surface area contributed by atoms with Crippen LogP contribution in [0.1, 0.15) is 28.9 Å². The molecule has 0 aromatic carbocycles. The largest absolute Gasteiger partial charge is 0.349 e. The molecular formula is C11H14FNO3S2. The first kappa shape index (κ1) is 13.5. The standard InChI is InChI=1S/C11H14FNO3S2/c12-18(15,16)7-8-3-4-9(6-8)13-11(14)10-2-1-5-17-10/h1-2,5,8-9H,3-4,6-7H2,(H,13,14)/t8-,9+/m1/s1. The Labute approximate surface area is 109 Å². The molecule has 1 fully saturated rings. The van der Waals surface area contributed by atoms with Crippen molar-refractivity contribution in [1.82, 2.24) is 5.32 Å². The van der Waals surface area contributed by atoms with Gasteiger partial charge in [0, 0.05) is 6.04 Å². The topological polar surface area (TPSA) is 63.2 Å². The van der Waals surface area contributed by atoms with E-state index in [1.54, 1.807) is 12.1 Å². The zero-order valence-electron chi connectivity index (χ0n) is 9.63. The van der Waals surface area contributed by atoms with Gasteiger partial charge in [-0.25, -0.2) is 0 Å². The first-order valence-electron chi connectivity index (χ1n) is 5.71. The molecule has 0 aliphatic heterocycles. The number of rotatable bonds is 4. The molecule has 0 radical (unpaired) electrons. The van der Waals surface area contributed by atoms with Gasteiger partial charge >= 0.3 is 10.2 Å². The Morgan fingerprint density at radius 1 is 1.50 bits per heavy atom. The molecule has 100 valence electrons. The lowest BCUT2D eigenvalue weighted by Crippen LogP contribution is -2.32. The van der Waals surface area contributed by atoms with E-state index in [9.17, 15) is 17.1 Å². The molecule has 2 rings (SSSR count). The second-order valence-electron chi connectivity index (χ2n) is 4.53. The summed E-state index contributed by atoms with van der Waals surface area (Å²) in [5, 5.41) is 4.67. The van der Waals surface area contributed by atoms with Gasteiger partial charge in [0.05, 0.1) is 10.6 Å². The van der Waals surface area contributed by atoms with Gasteiger partial charge in [0.1, 0.15) is 0 Å². The highest BCUT2D eigenvalue weighted by Crippen LogP contribution is 2.27. The van der Waals surface area contributed by atoms with Crippen LogP contribution < -0.4 is 5.32 Å². The van der Waals surface area contributed by atoms with Crippen molar-refractivity contribution in [1.29, 1.82) is 0 Å². The van der Waals surface area contributed by atoms with Gasteiger partial charge in [0.15, 0.2) is 0 Å². The van der Waals surface area contributed by atoms with Crippen molar-refractivity contribution in [2.45, 2.75) is 25.3 Å². The number of carbonyl (C=O) groups is 1. The zero-order valence-corrected chi connectivity index (χ0v) is 11.3. The molecule has 0 bridgehead atoms. The summed E-state index contributed by atoms with van der Waals surface area (Å²) < 4.78 is 33.6. The molecule has 1 heterocycles. The van der Waals surface area contributed by atoms with Gasteiger partial charge in [-0.1, -0.05) is 6.07 Å². The summed E-state index contributed by atoms with van der Waals surface area (Å²) >= 11 is 1.36. The Bertz CT molecular complexity index is 512. The fourth-order valence-corrected chi connectivity index (χ4v) is 3.80. The number of amides is 1. The van der Waals surface area contributed by atoms with E-state index in [0.717, 1.165) is 0 Å². The van der Waals surface area contributed by atoms with Crippen molar-refractivity contribution >= 4 is 27.5 Å². The lowest BCUT2D eigenvalue weighted by Gasteiger charge is -2.11. The summed E-state index contributed by atoms with van der Waals surface area (Å²) in [4.78, 5) is 12.4. The molecule has 1 amide bonds. The van der Waals surface area contributed by atoms with Gasteiger partial charge in [-0.3, -0.25) is 4.79 Å². The van der Waals surface area contributed by atoms with Crippen molar-refractivity contribution in [3.05, 3.63) is 22.4 Å². The predicted molar refractivity (Wildman–Crippen MR) is 67.8 cm³/mol. The molecule has 1 aliphatic carbocycles. The summed E-state index contributed by atoms with van der Waals surface area (Å²) in [7, 11) is -4.41. The number of hydrogen-bond acceptors (Lipinski definition) is 4. The SMILES string of the molecule is O=C(N[C@H]1CC[C@@H](CS(=O)(=O)F)C1)c1cccs1. The maximum absolute atomic E-state index is 12.5. The van der Waals surface area contributed by atoms with Crippen LogP contribution in [0.15, 0.2) is 17.5 Å². The molecule has 7 heteroatoms. The molecule has 1 aromatic rings. The Balaban J connectivity index is 1.85. The van der Waals surface area contributed by atoms with Gasteiger partial charge in [-0.15, -0.1) is 15.2 Å².